The summed E-state index contributed by atoms with van der Waals surface area (Å²) >= 11 is 0. The van der Waals surface area contributed by atoms with Crippen LogP contribution in [0.5, 0.6) is 0 Å². The molecular formula is C16H16N6O5. The van der Waals surface area contributed by atoms with Gasteiger partial charge in [-0.05, 0) is 13.8 Å². The van der Waals surface area contributed by atoms with Crippen molar-refractivity contribution in [3.63, 3.8) is 0 Å². The lowest BCUT2D eigenvalue weighted by atomic mass is 10.0. The smallest absolute Gasteiger partial charge is 0.335 e. The van der Waals surface area contributed by atoms with Gasteiger partial charge in [0, 0.05) is 18.3 Å². The molecule has 1 aliphatic rings. The van der Waals surface area contributed by atoms with Crippen molar-refractivity contribution in [1.29, 1.82) is 5.26 Å². The van der Waals surface area contributed by atoms with Crippen LogP contribution in [0.2, 0.25) is 0 Å². The minimum absolute atomic E-state index is 0.109. The number of morpholine rings is 1. The molecule has 0 radical (unpaired) electrons. The maximum Gasteiger partial charge on any atom is 0.335 e. The van der Waals surface area contributed by atoms with E-state index < -0.39 is 29.7 Å². The highest BCUT2D eigenvalue weighted by Gasteiger charge is 2.46. The number of carbonyl (C=O) groups is 2. The number of amides is 1. The Kier molecular flexibility index (Phi) is 4.61. The average Bonchev–Trinajstić information content (AvgIpc) is 3.12. The number of carboxylic acids is 1. The SMILES string of the molecule is CC1(C)CN(c2ccn(-c3cnnc(C#N)c3)n2)C(=O)C([C@@H](O)C(=O)O)O1. The van der Waals surface area contributed by atoms with Crippen molar-refractivity contribution in [1.82, 2.24) is 20.0 Å². The first-order chi connectivity index (χ1) is 12.7. The van der Waals surface area contributed by atoms with Gasteiger partial charge in [-0.1, -0.05) is 0 Å². The highest BCUT2D eigenvalue weighted by molar-refractivity contribution is 5.99. The van der Waals surface area contributed by atoms with E-state index in [2.05, 4.69) is 15.3 Å². The summed E-state index contributed by atoms with van der Waals surface area (Å²) in [5, 5.41) is 39.4. The van der Waals surface area contributed by atoms with Gasteiger partial charge in [0.1, 0.15) is 6.07 Å². The molecule has 11 nitrogen and oxygen atoms in total. The van der Waals surface area contributed by atoms with Crippen LogP contribution in [0.3, 0.4) is 0 Å². The predicted octanol–water partition coefficient (Wildman–Crippen LogP) is -0.510. The summed E-state index contributed by atoms with van der Waals surface area (Å²) in [5.41, 5.74) is -0.321. The van der Waals surface area contributed by atoms with Gasteiger partial charge in [-0.3, -0.25) is 9.69 Å². The van der Waals surface area contributed by atoms with E-state index >= 15 is 0 Å². The normalized spacial score (nSPS) is 20.1. The van der Waals surface area contributed by atoms with Gasteiger partial charge >= 0.3 is 5.97 Å². The molecule has 2 aromatic rings. The monoisotopic (exact) mass is 372 g/mol. The van der Waals surface area contributed by atoms with E-state index in [0.717, 1.165) is 0 Å². The van der Waals surface area contributed by atoms with Gasteiger partial charge in [0.2, 0.25) is 0 Å². The van der Waals surface area contributed by atoms with E-state index in [9.17, 15) is 14.7 Å². The topological polar surface area (TPSA) is 154 Å². The third kappa shape index (κ3) is 3.62. The van der Waals surface area contributed by atoms with Crippen molar-refractivity contribution in [2.45, 2.75) is 31.7 Å². The van der Waals surface area contributed by atoms with E-state index in [4.69, 9.17) is 15.1 Å². The highest BCUT2D eigenvalue weighted by Crippen LogP contribution is 2.28. The van der Waals surface area contributed by atoms with Crippen LogP contribution in [0, 0.1) is 11.3 Å². The van der Waals surface area contributed by atoms with Crippen LogP contribution in [0.4, 0.5) is 5.82 Å². The first-order valence-corrected chi connectivity index (χ1v) is 7.91. The fourth-order valence-electron chi connectivity index (χ4n) is 2.71. The first kappa shape index (κ1) is 18.4. The fraction of sp³-hybridized carbons (Fsp3) is 0.375. The summed E-state index contributed by atoms with van der Waals surface area (Å²) in [7, 11) is 0. The molecule has 1 saturated heterocycles. The quantitative estimate of drug-likeness (QED) is 0.722. The molecule has 11 heteroatoms. The van der Waals surface area contributed by atoms with Crippen molar-refractivity contribution < 1.29 is 24.5 Å². The molecule has 2 N–H and O–H groups in total. The zero-order valence-corrected chi connectivity index (χ0v) is 14.5. The Morgan fingerprint density at radius 3 is 2.93 bits per heavy atom. The van der Waals surface area contributed by atoms with E-state index in [-0.39, 0.29) is 18.1 Å². The standard InChI is InChI=1S/C16H16N6O5/c1-16(2)8-21(14(24)13(27-16)12(23)15(25)26)11-3-4-22(20-11)10-5-9(6-17)19-18-7-10/h3-5,7,12-13,23H,8H2,1-2H3,(H,25,26)/t12-,13?/m1/s1. The molecule has 0 aliphatic carbocycles. The molecule has 2 aromatic heterocycles. The van der Waals surface area contributed by atoms with Crippen LogP contribution in [0.15, 0.2) is 24.5 Å². The Morgan fingerprint density at radius 2 is 2.26 bits per heavy atom. The number of aromatic nitrogens is 4. The molecule has 0 bridgehead atoms. The van der Waals surface area contributed by atoms with Crippen molar-refractivity contribution in [3.05, 3.63) is 30.2 Å². The number of rotatable bonds is 4. The number of hydrogen-bond acceptors (Lipinski definition) is 8. The molecule has 3 rings (SSSR count). The van der Waals surface area contributed by atoms with Gasteiger partial charge in [-0.2, -0.15) is 10.4 Å². The third-order valence-corrected chi connectivity index (χ3v) is 3.90. The number of ether oxygens (including phenoxy) is 1. The number of carbonyl (C=O) groups excluding carboxylic acids is 1. The third-order valence-electron chi connectivity index (χ3n) is 3.90. The van der Waals surface area contributed by atoms with Crippen molar-refractivity contribution >= 4 is 17.7 Å². The Balaban J connectivity index is 1.93. The number of aliphatic carboxylic acids is 1. The van der Waals surface area contributed by atoms with Crippen molar-refractivity contribution in [2.24, 2.45) is 0 Å². The number of nitriles is 1. The number of carboxylic acid groups (broad SMARTS) is 1. The van der Waals surface area contributed by atoms with Crippen LogP contribution < -0.4 is 4.90 Å². The molecular weight excluding hydrogens is 356 g/mol. The first-order valence-electron chi connectivity index (χ1n) is 7.91. The van der Waals surface area contributed by atoms with Gasteiger partial charge in [0.15, 0.2) is 23.7 Å². The van der Waals surface area contributed by atoms with Crippen LogP contribution in [-0.4, -0.2) is 66.4 Å². The molecule has 2 atom stereocenters. The second-order valence-corrected chi connectivity index (χ2v) is 6.53. The molecule has 0 spiro atoms. The number of nitrogens with zero attached hydrogens (tertiary/aromatic N) is 6. The lowest BCUT2D eigenvalue weighted by Gasteiger charge is -2.41. The molecule has 1 amide bonds. The molecule has 140 valence electrons. The maximum atomic E-state index is 12.7. The minimum Gasteiger partial charge on any atom is -0.479 e. The van der Waals surface area contributed by atoms with Crippen LogP contribution in [0.25, 0.3) is 5.69 Å². The average molecular weight is 372 g/mol. The second kappa shape index (κ2) is 6.75. The minimum atomic E-state index is -2.00. The second-order valence-electron chi connectivity index (χ2n) is 6.53. The molecule has 1 fully saturated rings. The molecule has 1 aliphatic heterocycles. The number of anilines is 1. The zero-order valence-electron chi connectivity index (χ0n) is 14.5. The van der Waals surface area contributed by atoms with Gasteiger partial charge < -0.3 is 14.9 Å². The lowest BCUT2D eigenvalue weighted by Crippen LogP contribution is -2.61. The highest BCUT2D eigenvalue weighted by atomic mass is 16.5. The summed E-state index contributed by atoms with van der Waals surface area (Å²) in [5.74, 6) is -2.02. The van der Waals surface area contributed by atoms with Crippen molar-refractivity contribution in [3.8, 4) is 11.8 Å². The molecule has 3 heterocycles. The number of hydrogen-bond donors (Lipinski definition) is 2. The summed E-state index contributed by atoms with van der Waals surface area (Å²) in [6.45, 7) is 3.47. The summed E-state index contributed by atoms with van der Waals surface area (Å²) in [4.78, 5) is 25.0. The van der Waals surface area contributed by atoms with E-state index in [0.29, 0.717) is 5.69 Å². The Labute approximate surface area is 153 Å². The van der Waals surface area contributed by atoms with Gasteiger partial charge in [0.05, 0.1) is 24.0 Å². The van der Waals surface area contributed by atoms with Crippen LogP contribution >= 0.6 is 0 Å². The summed E-state index contributed by atoms with van der Waals surface area (Å²) in [6.07, 6.45) is -0.584. The number of aliphatic hydroxyl groups is 1. The van der Waals surface area contributed by atoms with E-state index in [1.165, 1.54) is 21.8 Å². The number of aliphatic hydroxyl groups excluding tert-OH is 1. The van der Waals surface area contributed by atoms with Crippen molar-refractivity contribution in [2.75, 3.05) is 11.4 Å². The van der Waals surface area contributed by atoms with Gasteiger partial charge in [-0.15, -0.1) is 10.2 Å². The largest absolute Gasteiger partial charge is 0.479 e. The van der Waals surface area contributed by atoms with E-state index in [1.807, 2.05) is 6.07 Å². The predicted molar refractivity (Wildman–Crippen MR) is 88.8 cm³/mol. The molecule has 0 saturated carbocycles. The maximum absolute atomic E-state index is 12.7. The van der Waals surface area contributed by atoms with Crippen LogP contribution in [0.1, 0.15) is 19.5 Å². The molecule has 1 unspecified atom stereocenters. The fourth-order valence-corrected chi connectivity index (χ4v) is 2.71. The zero-order chi connectivity index (χ0) is 19.8. The van der Waals surface area contributed by atoms with Gasteiger partial charge in [0.25, 0.3) is 5.91 Å². The van der Waals surface area contributed by atoms with Gasteiger partial charge in [-0.25, -0.2) is 9.48 Å². The summed E-state index contributed by atoms with van der Waals surface area (Å²) in [6, 6.07) is 4.90. The lowest BCUT2D eigenvalue weighted by molar-refractivity contribution is -0.178. The Bertz CT molecular complexity index is 933. The Hall–Kier alpha value is -3.36. The molecule has 27 heavy (non-hydrogen) atoms. The Morgan fingerprint density at radius 1 is 1.52 bits per heavy atom. The van der Waals surface area contributed by atoms with Crippen LogP contribution in [-0.2, 0) is 14.3 Å². The molecule has 0 aromatic carbocycles. The summed E-state index contributed by atoms with van der Waals surface area (Å²) < 4.78 is 6.88. The van der Waals surface area contributed by atoms with E-state index in [1.54, 1.807) is 26.1 Å².